The summed E-state index contributed by atoms with van der Waals surface area (Å²) in [6, 6.07) is 2.49. The van der Waals surface area contributed by atoms with E-state index in [0.29, 0.717) is 19.7 Å². The summed E-state index contributed by atoms with van der Waals surface area (Å²) in [6.07, 6.45) is -0.447. The summed E-state index contributed by atoms with van der Waals surface area (Å²) < 4.78 is 42.7. The third kappa shape index (κ3) is 4.89. The van der Waals surface area contributed by atoms with Crippen molar-refractivity contribution in [2.75, 3.05) is 33.4 Å². The number of methoxy groups -OCH3 is 1. The van der Waals surface area contributed by atoms with Gasteiger partial charge in [-0.15, -0.1) is 0 Å². The predicted molar refractivity (Wildman–Crippen MR) is 79.8 cm³/mol. The van der Waals surface area contributed by atoms with Crippen molar-refractivity contribution in [1.82, 2.24) is 9.88 Å². The number of piperidine rings is 1. The fourth-order valence-electron chi connectivity index (χ4n) is 3.12. The molecule has 1 saturated heterocycles. The van der Waals surface area contributed by atoms with Gasteiger partial charge in [-0.05, 0) is 37.4 Å². The molecular formula is C16H23F3N2O2. The van der Waals surface area contributed by atoms with E-state index in [2.05, 4.69) is 9.88 Å². The lowest BCUT2D eigenvalue weighted by molar-refractivity contribution is -0.141. The first-order chi connectivity index (χ1) is 10.9. The molecule has 2 rings (SSSR count). The van der Waals surface area contributed by atoms with Gasteiger partial charge in [0, 0.05) is 38.4 Å². The molecule has 0 unspecified atom stereocenters. The molecule has 7 heteroatoms. The molecule has 4 nitrogen and oxygen atoms in total. The molecule has 1 aliphatic heterocycles. The average Bonchev–Trinajstić information content (AvgIpc) is 2.53. The zero-order valence-electron chi connectivity index (χ0n) is 13.3. The lowest BCUT2D eigenvalue weighted by Gasteiger charge is -2.42. The van der Waals surface area contributed by atoms with Crippen molar-refractivity contribution < 1.29 is 23.0 Å². The minimum Gasteiger partial charge on any atom is -0.396 e. The minimum absolute atomic E-state index is 0.0954. The predicted octanol–water partition coefficient (Wildman–Crippen LogP) is 2.71. The van der Waals surface area contributed by atoms with Gasteiger partial charge in [0.25, 0.3) is 0 Å². The first-order valence-corrected chi connectivity index (χ1v) is 7.73. The van der Waals surface area contributed by atoms with E-state index in [0.717, 1.165) is 37.4 Å². The Balaban J connectivity index is 1.99. The van der Waals surface area contributed by atoms with Crippen LogP contribution in [0.3, 0.4) is 0 Å². The standard InChI is InChI=1S/C16H23F3N2O2/c1-23-8-6-15(12-22)5-2-7-21(11-15)10-13-3-4-14(20-9-13)16(17,18)19/h3-4,9,22H,2,5-8,10-12H2,1H3/t15-/m0/s1. The van der Waals surface area contributed by atoms with Crippen LogP contribution in [0.4, 0.5) is 13.2 Å². The summed E-state index contributed by atoms with van der Waals surface area (Å²) in [7, 11) is 1.64. The first kappa shape index (κ1) is 18.2. The van der Waals surface area contributed by atoms with Crippen LogP contribution < -0.4 is 0 Å². The van der Waals surface area contributed by atoms with E-state index in [1.165, 1.54) is 12.3 Å². The van der Waals surface area contributed by atoms with Crippen LogP contribution in [0.5, 0.6) is 0 Å². The normalized spacial score (nSPS) is 23.2. The van der Waals surface area contributed by atoms with Gasteiger partial charge in [-0.2, -0.15) is 13.2 Å². The van der Waals surface area contributed by atoms with E-state index in [1.807, 2.05) is 0 Å². The smallest absolute Gasteiger partial charge is 0.396 e. The Hall–Kier alpha value is -1.18. The van der Waals surface area contributed by atoms with Crippen LogP contribution in [-0.2, 0) is 17.5 Å². The number of rotatable bonds is 6. The van der Waals surface area contributed by atoms with Gasteiger partial charge in [-0.3, -0.25) is 9.88 Å². The maximum atomic E-state index is 12.5. The average molecular weight is 332 g/mol. The number of aromatic nitrogens is 1. The third-order valence-corrected chi connectivity index (χ3v) is 4.43. The second-order valence-corrected chi connectivity index (χ2v) is 6.26. The molecule has 0 spiro atoms. The van der Waals surface area contributed by atoms with Crippen LogP contribution >= 0.6 is 0 Å². The maximum absolute atomic E-state index is 12.5. The number of hydrogen-bond acceptors (Lipinski definition) is 4. The maximum Gasteiger partial charge on any atom is 0.433 e. The molecule has 0 radical (unpaired) electrons. The highest BCUT2D eigenvalue weighted by atomic mass is 19.4. The van der Waals surface area contributed by atoms with E-state index in [9.17, 15) is 18.3 Å². The second kappa shape index (κ2) is 7.59. The zero-order chi connectivity index (χ0) is 16.9. The van der Waals surface area contributed by atoms with Crippen LogP contribution in [0.25, 0.3) is 0 Å². The number of nitrogens with zero attached hydrogens (tertiary/aromatic N) is 2. The highest BCUT2D eigenvalue weighted by Crippen LogP contribution is 2.34. The van der Waals surface area contributed by atoms with Gasteiger partial charge in [0.05, 0.1) is 6.61 Å². The van der Waals surface area contributed by atoms with Gasteiger partial charge in [0.2, 0.25) is 0 Å². The van der Waals surface area contributed by atoms with E-state index in [4.69, 9.17) is 4.74 Å². The van der Waals surface area contributed by atoms with Crippen LogP contribution in [0.1, 0.15) is 30.5 Å². The van der Waals surface area contributed by atoms with E-state index >= 15 is 0 Å². The Morgan fingerprint density at radius 3 is 2.74 bits per heavy atom. The SMILES string of the molecule is COCC[C@@]1(CO)CCCN(Cc2ccc(C(F)(F)F)nc2)C1. The van der Waals surface area contributed by atoms with Crippen molar-refractivity contribution in [3.63, 3.8) is 0 Å². The minimum atomic E-state index is -4.41. The molecule has 1 aliphatic rings. The monoisotopic (exact) mass is 332 g/mol. The molecule has 0 aromatic carbocycles. The third-order valence-electron chi connectivity index (χ3n) is 4.43. The van der Waals surface area contributed by atoms with Crippen molar-refractivity contribution in [2.24, 2.45) is 5.41 Å². The Kier molecular flexibility index (Phi) is 6.00. The molecule has 1 atom stereocenters. The fraction of sp³-hybridized carbons (Fsp3) is 0.688. The largest absolute Gasteiger partial charge is 0.433 e. The summed E-state index contributed by atoms with van der Waals surface area (Å²) >= 11 is 0. The molecule has 0 bridgehead atoms. The number of alkyl halides is 3. The number of likely N-dealkylation sites (tertiary alicyclic amines) is 1. The number of ether oxygens (including phenoxy) is 1. The fourth-order valence-corrected chi connectivity index (χ4v) is 3.12. The highest BCUT2D eigenvalue weighted by molar-refractivity contribution is 5.16. The molecular weight excluding hydrogens is 309 g/mol. The lowest BCUT2D eigenvalue weighted by Crippen LogP contribution is -2.45. The number of halogens is 3. The Labute approximate surface area is 134 Å². The van der Waals surface area contributed by atoms with Crippen molar-refractivity contribution in [3.8, 4) is 0 Å². The quantitative estimate of drug-likeness (QED) is 0.870. The Morgan fingerprint density at radius 1 is 1.39 bits per heavy atom. The van der Waals surface area contributed by atoms with Gasteiger partial charge in [0.15, 0.2) is 0 Å². The van der Waals surface area contributed by atoms with E-state index < -0.39 is 11.9 Å². The number of aliphatic hydroxyl groups excluding tert-OH is 1. The van der Waals surface area contributed by atoms with E-state index in [1.54, 1.807) is 7.11 Å². The molecule has 1 aromatic heterocycles. The molecule has 0 saturated carbocycles. The lowest BCUT2D eigenvalue weighted by atomic mass is 9.78. The topological polar surface area (TPSA) is 45.6 Å². The summed E-state index contributed by atoms with van der Waals surface area (Å²) in [6.45, 7) is 2.82. The van der Waals surface area contributed by atoms with Crippen molar-refractivity contribution in [2.45, 2.75) is 32.0 Å². The Bertz CT molecular complexity index is 493. The summed E-state index contributed by atoms with van der Waals surface area (Å²) in [5, 5.41) is 9.76. The van der Waals surface area contributed by atoms with Crippen molar-refractivity contribution >= 4 is 0 Å². The zero-order valence-corrected chi connectivity index (χ0v) is 13.3. The summed E-state index contributed by atoms with van der Waals surface area (Å²) in [5.41, 5.74) is -0.309. The van der Waals surface area contributed by atoms with Crippen LogP contribution in [0.2, 0.25) is 0 Å². The number of aliphatic hydroxyl groups is 1. The summed E-state index contributed by atoms with van der Waals surface area (Å²) in [4.78, 5) is 5.67. The number of hydrogen-bond donors (Lipinski definition) is 1. The van der Waals surface area contributed by atoms with Crippen LogP contribution in [0.15, 0.2) is 18.3 Å². The molecule has 1 fully saturated rings. The summed E-state index contributed by atoms with van der Waals surface area (Å²) in [5.74, 6) is 0. The van der Waals surface area contributed by atoms with Gasteiger partial charge in [0.1, 0.15) is 5.69 Å². The Morgan fingerprint density at radius 2 is 2.17 bits per heavy atom. The molecule has 0 aliphatic carbocycles. The van der Waals surface area contributed by atoms with Gasteiger partial charge in [-0.25, -0.2) is 0 Å². The van der Waals surface area contributed by atoms with Crippen molar-refractivity contribution in [1.29, 1.82) is 0 Å². The second-order valence-electron chi connectivity index (χ2n) is 6.26. The molecule has 130 valence electrons. The van der Waals surface area contributed by atoms with Crippen LogP contribution in [-0.4, -0.2) is 48.4 Å². The first-order valence-electron chi connectivity index (χ1n) is 7.73. The molecule has 0 amide bonds. The van der Waals surface area contributed by atoms with Crippen molar-refractivity contribution in [3.05, 3.63) is 29.6 Å². The number of pyridine rings is 1. The van der Waals surface area contributed by atoms with E-state index in [-0.39, 0.29) is 12.0 Å². The molecule has 1 aromatic rings. The highest BCUT2D eigenvalue weighted by Gasteiger charge is 2.35. The molecule has 23 heavy (non-hydrogen) atoms. The van der Waals surface area contributed by atoms with Crippen LogP contribution in [0, 0.1) is 5.41 Å². The molecule has 1 N–H and O–H groups in total. The van der Waals surface area contributed by atoms with Gasteiger partial charge >= 0.3 is 6.18 Å². The van der Waals surface area contributed by atoms with Gasteiger partial charge in [-0.1, -0.05) is 6.07 Å². The van der Waals surface area contributed by atoms with Gasteiger partial charge < -0.3 is 9.84 Å². The molecule has 2 heterocycles.